The molecule has 0 atom stereocenters. The van der Waals surface area contributed by atoms with Gasteiger partial charge >= 0.3 is 0 Å². The molecule has 10 nitrogen and oxygen atoms in total. The molecule has 0 spiro atoms. The molecule has 0 radical (unpaired) electrons. The van der Waals surface area contributed by atoms with Gasteiger partial charge < -0.3 is 24.3 Å². The van der Waals surface area contributed by atoms with Crippen molar-refractivity contribution in [2.24, 2.45) is 0 Å². The molecule has 11 heteroatoms. The van der Waals surface area contributed by atoms with Crippen LogP contribution in [0.15, 0.2) is 18.3 Å². The van der Waals surface area contributed by atoms with Crippen molar-refractivity contribution < 1.29 is 23.7 Å². The summed E-state index contributed by atoms with van der Waals surface area (Å²) in [6.45, 7) is 13.6. The third-order valence-electron chi connectivity index (χ3n) is 4.58. The van der Waals surface area contributed by atoms with Gasteiger partial charge in [-0.15, -0.1) is 5.10 Å². The molecule has 1 aliphatic heterocycles. The van der Waals surface area contributed by atoms with Crippen LogP contribution in [0.4, 0.5) is 0 Å². The SMILES string of the molecule is C=C(C)C(=O)NCCOCCOCCOCCOCCn1cc(CN2CCSCC2)nn1. The van der Waals surface area contributed by atoms with E-state index in [4.69, 9.17) is 18.9 Å². The van der Waals surface area contributed by atoms with Gasteiger partial charge in [0.15, 0.2) is 0 Å². The molecule has 1 aromatic rings. The summed E-state index contributed by atoms with van der Waals surface area (Å²) in [7, 11) is 0. The zero-order valence-corrected chi connectivity index (χ0v) is 19.9. The van der Waals surface area contributed by atoms with Gasteiger partial charge in [0.05, 0.1) is 65.1 Å². The minimum Gasteiger partial charge on any atom is -0.377 e. The van der Waals surface area contributed by atoms with Gasteiger partial charge in [-0.1, -0.05) is 11.8 Å². The first-order chi connectivity index (χ1) is 15.6. The normalized spacial score (nSPS) is 14.5. The van der Waals surface area contributed by atoms with E-state index in [1.54, 1.807) is 6.92 Å². The Kier molecular flexibility index (Phi) is 14.2. The molecule has 2 heterocycles. The van der Waals surface area contributed by atoms with Crippen molar-refractivity contribution in [3.05, 3.63) is 24.0 Å². The van der Waals surface area contributed by atoms with Crippen LogP contribution < -0.4 is 5.32 Å². The Morgan fingerprint density at radius 1 is 1.03 bits per heavy atom. The molecular formula is C21H37N5O5S. The molecule has 32 heavy (non-hydrogen) atoms. The van der Waals surface area contributed by atoms with Gasteiger partial charge in [-0.3, -0.25) is 9.69 Å². The maximum absolute atomic E-state index is 11.3. The smallest absolute Gasteiger partial charge is 0.246 e. The Bertz CT molecular complexity index is 654. The maximum Gasteiger partial charge on any atom is 0.246 e. The van der Waals surface area contributed by atoms with Gasteiger partial charge in [0.2, 0.25) is 5.91 Å². The van der Waals surface area contributed by atoms with E-state index in [-0.39, 0.29) is 5.91 Å². The van der Waals surface area contributed by atoms with E-state index in [2.05, 4.69) is 27.1 Å². The molecule has 1 aliphatic rings. The summed E-state index contributed by atoms with van der Waals surface area (Å²) < 4.78 is 23.7. The van der Waals surface area contributed by atoms with E-state index >= 15 is 0 Å². The minimum absolute atomic E-state index is 0.152. The number of nitrogens with zero attached hydrogens (tertiary/aromatic N) is 4. The number of rotatable bonds is 18. The zero-order chi connectivity index (χ0) is 22.9. The van der Waals surface area contributed by atoms with E-state index in [9.17, 15) is 4.79 Å². The topological polar surface area (TPSA) is 100.0 Å². The molecule has 1 fully saturated rings. The van der Waals surface area contributed by atoms with Crippen LogP contribution in [-0.2, 0) is 36.8 Å². The first-order valence-corrected chi connectivity index (χ1v) is 12.2. The Morgan fingerprint density at radius 2 is 1.62 bits per heavy atom. The summed E-state index contributed by atoms with van der Waals surface area (Å²) in [5, 5.41) is 11.1. The fourth-order valence-electron chi connectivity index (χ4n) is 2.82. The minimum atomic E-state index is -0.152. The van der Waals surface area contributed by atoms with E-state index in [0.717, 1.165) is 25.3 Å². The molecule has 0 unspecified atom stereocenters. The summed E-state index contributed by atoms with van der Waals surface area (Å²) in [6, 6.07) is 0. The number of hydrogen-bond donors (Lipinski definition) is 1. The van der Waals surface area contributed by atoms with Gasteiger partial charge in [0.1, 0.15) is 0 Å². The van der Waals surface area contributed by atoms with E-state index in [1.807, 2.05) is 22.6 Å². The third-order valence-corrected chi connectivity index (χ3v) is 5.52. The number of nitrogens with one attached hydrogen (secondary N) is 1. The highest BCUT2D eigenvalue weighted by atomic mass is 32.2. The Balaban J connectivity index is 1.32. The molecule has 182 valence electrons. The molecule has 1 saturated heterocycles. The van der Waals surface area contributed by atoms with Gasteiger partial charge in [0.25, 0.3) is 0 Å². The summed E-state index contributed by atoms with van der Waals surface area (Å²) in [6.07, 6.45) is 2.00. The second-order valence-electron chi connectivity index (χ2n) is 7.35. The molecular weight excluding hydrogens is 434 g/mol. The quantitative estimate of drug-likeness (QED) is 0.243. The highest BCUT2D eigenvalue weighted by molar-refractivity contribution is 7.99. The number of amides is 1. The standard InChI is InChI=1S/C21H37N5O5S/c1-19(2)21(27)22-3-7-28-9-11-30-13-14-31-12-10-29-8-4-26-18-20(23-24-26)17-25-5-15-32-16-6-25/h18H,1,3-17H2,2H3,(H,22,27). The molecule has 0 aliphatic carbocycles. The second kappa shape index (κ2) is 17.0. The average Bonchev–Trinajstić information content (AvgIpc) is 3.23. The van der Waals surface area contributed by atoms with Gasteiger partial charge in [0, 0.05) is 49.5 Å². The molecule has 1 amide bonds. The highest BCUT2D eigenvalue weighted by Gasteiger charge is 2.12. The average molecular weight is 472 g/mol. The maximum atomic E-state index is 11.3. The monoisotopic (exact) mass is 471 g/mol. The van der Waals surface area contributed by atoms with Crippen molar-refractivity contribution in [1.82, 2.24) is 25.2 Å². The Morgan fingerprint density at radius 3 is 2.25 bits per heavy atom. The highest BCUT2D eigenvalue weighted by Crippen LogP contribution is 2.11. The van der Waals surface area contributed by atoms with E-state index < -0.39 is 0 Å². The third kappa shape index (κ3) is 12.5. The number of aromatic nitrogens is 3. The van der Waals surface area contributed by atoms with Crippen molar-refractivity contribution in [2.75, 3.05) is 84.0 Å². The zero-order valence-electron chi connectivity index (χ0n) is 19.1. The lowest BCUT2D eigenvalue weighted by Gasteiger charge is -2.24. The lowest BCUT2D eigenvalue weighted by atomic mass is 10.3. The summed E-state index contributed by atoms with van der Waals surface area (Å²) in [5.74, 6) is 2.24. The van der Waals surface area contributed by atoms with Crippen LogP contribution in [0.3, 0.4) is 0 Å². The molecule has 1 aromatic heterocycles. The summed E-state index contributed by atoms with van der Waals surface area (Å²) >= 11 is 2.01. The first kappa shape index (κ1) is 26.7. The van der Waals surface area contributed by atoms with Crippen molar-refractivity contribution in [3.63, 3.8) is 0 Å². The van der Waals surface area contributed by atoms with Crippen LogP contribution in [-0.4, -0.2) is 110 Å². The number of carbonyl (C=O) groups excluding carboxylic acids is 1. The van der Waals surface area contributed by atoms with Crippen LogP contribution in [0.1, 0.15) is 12.6 Å². The first-order valence-electron chi connectivity index (χ1n) is 11.1. The largest absolute Gasteiger partial charge is 0.377 e. The predicted octanol–water partition coefficient (Wildman–Crippen LogP) is 0.586. The summed E-state index contributed by atoms with van der Waals surface area (Å²) in [5.41, 5.74) is 1.51. The lowest BCUT2D eigenvalue weighted by molar-refractivity contribution is -0.117. The molecule has 0 bridgehead atoms. The number of ether oxygens (including phenoxy) is 4. The van der Waals surface area contributed by atoms with Crippen molar-refractivity contribution in [3.8, 4) is 0 Å². The van der Waals surface area contributed by atoms with Gasteiger partial charge in [-0.05, 0) is 6.92 Å². The van der Waals surface area contributed by atoms with Gasteiger partial charge in [-0.2, -0.15) is 11.8 Å². The van der Waals surface area contributed by atoms with Crippen LogP contribution in [0.2, 0.25) is 0 Å². The lowest BCUT2D eigenvalue weighted by Crippen LogP contribution is -2.32. The molecule has 2 rings (SSSR count). The molecule has 0 saturated carbocycles. The van der Waals surface area contributed by atoms with Crippen LogP contribution in [0.5, 0.6) is 0 Å². The predicted molar refractivity (Wildman–Crippen MR) is 124 cm³/mol. The van der Waals surface area contributed by atoms with Crippen LogP contribution >= 0.6 is 11.8 Å². The van der Waals surface area contributed by atoms with Gasteiger partial charge in [-0.25, -0.2) is 4.68 Å². The fraction of sp³-hybridized carbons (Fsp3) is 0.762. The van der Waals surface area contributed by atoms with Crippen molar-refractivity contribution >= 4 is 17.7 Å². The summed E-state index contributed by atoms with van der Waals surface area (Å²) in [4.78, 5) is 13.7. The Labute approximate surface area is 195 Å². The number of carbonyl (C=O) groups is 1. The van der Waals surface area contributed by atoms with E-state index in [1.165, 1.54) is 11.5 Å². The van der Waals surface area contributed by atoms with Crippen molar-refractivity contribution in [2.45, 2.75) is 20.0 Å². The molecule has 0 aromatic carbocycles. The fourth-order valence-corrected chi connectivity index (χ4v) is 3.79. The van der Waals surface area contributed by atoms with E-state index in [0.29, 0.717) is 71.5 Å². The second-order valence-corrected chi connectivity index (χ2v) is 8.57. The number of hydrogen-bond acceptors (Lipinski definition) is 9. The Hall–Kier alpha value is -1.50. The number of thioether (sulfide) groups is 1. The van der Waals surface area contributed by atoms with Crippen LogP contribution in [0.25, 0.3) is 0 Å². The van der Waals surface area contributed by atoms with Crippen molar-refractivity contribution in [1.29, 1.82) is 0 Å². The van der Waals surface area contributed by atoms with Crippen LogP contribution in [0, 0.1) is 0 Å². The molecule has 1 N–H and O–H groups in total.